The summed E-state index contributed by atoms with van der Waals surface area (Å²) in [5.41, 5.74) is -0.965. The highest BCUT2D eigenvalue weighted by atomic mass is 19.4. The van der Waals surface area contributed by atoms with Gasteiger partial charge >= 0.3 is 12.1 Å². The van der Waals surface area contributed by atoms with Gasteiger partial charge in [-0.1, -0.05) is 6.42 Å². The first-order valence-corrected chi connectivity index (χ1v) is 7.51. The van der Waals surface area contributed by atoms with Crippen LogP contribution in [0.15, 0.2) is 0 Å². The van der Waals surface area contributed by atoms with Gasteiger partial charge in [0.1, 0.15) is 5.54 Å². The van der Waals surface area contributed by atoms with Crippen LogP contribution in [-0.4, -0.2) is 53.9 Å². The monoisotopic (exact) mass is 308 g/mol. The average molecular weight is 308 g/mol. The van der Waals surface area contributed by atoms with Crippen LogP contribution in [-0.2, 0) is 4.79 Å². The average Bonchev–Trinajstić information content (AvgIpc) is 3.13. The Balaban J connectivity index is 1.95. The van der Waals surface area contributed by atoms with Crippen molar-refractivity contribution in [2.45, 2.75) is 56.3 Å². The fourth-order valence-corrected chi connectivity index (χ4v) is 3.57. The zero-order valence-corrected chi connectivity index (χ0v) is 12.2. The molecule has 0 aromatic heterocycles. The largest absolute Gasteiger partial charge is 0.480 e. The van der Waals surface area contributed by atoms with Gasteiger partial charge in [0.05, 0.1) is 6.54 Å². The smallest absolute Gasteiger partial charge is 0.401 e. The summed E-state index contributed by atoms with van der Waals surface area (Å²) in [6.45, 7) is -0.560. The van der Waals surface area contributed by atoms with Gasteiger partial charge in [0.15, 0.2) is 0 Å². The van der Waals surface area contributed by atoms with Crippen LogP contribution in [0.25, 0.3) is 0 Å². The van der Waals surface area contributed by atoms with Gasteiger partial charge in [-0.25, -0.2) is 0 Å². The van der Waals surface area contributed by atoms with Crippen molar-refractivity contribution in [1.29, 1.82) is 0 Å². The maximum atomic E-state index is 12.6. The minimum Gasteiger partial charge on any atom is -0.480 e. The number of aliphatic carboxylic acids is 1. The molecule has 4 nitrogen and oxygen atoms in total. The van der Waals surface area contributed by atoms with Crippen LogP contribution in [0.2, 0.25) is 0 Å². The molecule has 0 radical (unpaired) electrons. The van der Waals surface area contributed by atoms with E-state index in [-0.39, 0.29) is 12.0 Å². The predicted molar refractivity (Wildman–Crippen MR) is 72.0 cm³/mol. The Kier molecular flexibility index (Phi) is 4.82. The third kappa shape index (κ3) is 3.88. The number of nitrogens with zero attached hydrogens (tertiary/aromatic N) is 1. The molecule has 0 aromatic carbocycles. The fraction of sp³-hybridized carbons (Fsp3) is 0.929. The normalized spacial score (nSPS) is 30.0. The van der Waals surface area contributed by atoms with E-state index in [1.54, 1.807) is 7.05 Å². The Morgan fingerprint density at radius 1 is 1.38 bits per heavy atom. The number of halogens is 3. The molecule has 2 saturated carbocycles. The molecule has 21 heavy (non-hydrogen) atoms. The number of alkyl halides is 3. The van der Waals surface area contributed by atoms with E-state index in [0.717, 1.165) is 25.7 Å². The molecule has 0 aliphatic heterocycles. The first-order chi connectivity index (χ1) is 9.78. The fourth-order valence-electron chi connectivity index (χ4n) is 3.57. The third-order valence-corrected chi connectivity index (χ3v) is 4.86. The first kappa shape index (κ1) is 16.5. The van der Waals surface area contributed by atoms with Crippen LogP contribution in [0.5, 0.6) is 0 Å². The first-order valence-electron chi connectivity index (χ1n) is 7.51. The molecule has 2 atom stereocenters. The summed E-state index contributed by atoms with van der Waals surface area (Å²) in [5, 5.41) is 12.4. The van der Waals surface area contributed by atoms with E-state index < -0.39 is 24.2 Å². The molecule has 2 N–H and O–H groups in total. The highest BCUT2D eigenvalue weighted by Crippen LogP contribution is 2.39. The molecule has 2 aliphatic rings. The zero-order chi connectivity index (χ0) is 15.7. The Hall–Kier alpha value is -0.820. The summed E-state index contributed by atoms with van der Waals surface area (Å²) < 4.78 is 37.8. The Morgan fingerprint density at radius 2 is 2.05 bits per heavy atom. The summed E-state index contributed by atoms with van der Waals surface area (Å²) in [6.07, 6.45) is 0.0585. The molecule has 0 heterocycles. The quantitative estimate of drug-likeness (QED) is 0.757. The van der Waals surface area contributed by atoms with Crippen molar-refractivity contribution in [3.63, 3.8) is 0 Å². The number of nitrogens with one attached hydrogen (secondary N) is 1. The maximum Gasteiger partial charge on any atom is 0.401 e. The summed E-state index contributed by atoms with van der Waals surface area (Å²) in [7, 11) is 1.63. The molecule has 2 aliphatic carbocycles. The SMILES string of the molecule is CNC1(C(=O)O)CCCC1CCN(CC(F)(F)F)C1CC1. The van der Waals surface area contributed by atoms with Crippen molar-refractivity contribution in [3.05, 3.63) is 0 Å². The van der Waals surface area contributed by atoms with Crippen molar-refractivity contribution in [2.75, 3.05) is 20.1 Å². The van der Waals surface area contributed by atoms with Crippen molar-refractivity contribution < 1.29 is 23.1 Å². The predicted octanol–water partition coefficient (Wildman–Crippen LogP) is 2.25. The number of carboxylic acids is 1. The van der Waals surface area contributed by atoms with Crippen LogP contribution in [0.3, 0.4) is 0 Å². The number of carbonyl (C=O) groups is 1. The Labute approximate surface area is 122 Å². The van der Waals surface area contributed by atoms with Crippen LogP contribution in [0, 0.1) is 5.92 Å². The minimum absolute atomic E-state index is 0.0295. The van der Waals surface area contributed by atoms with Gasteiger partial charge in [0, 0.05) is 6.04 Å². The van der Waals surface area contributed by atoms with Gasteiger partial charge in [0.25, 0.3) is 0 Å². The van der Waals surface area contributed by atoms with Crippen molar-refractivity contribution in [2.24, 2.45) is 5.92 Å². The van der Waals surface area contributed by atoms with Gasteiger partial charge in [-0.2, -0.15) is 13.2 Å². The zero-order valence-electron chi connectivity index (χ0n) is 12.2. The number of likely N-dealkylation sites (N-methyl/N-ethyl adjacent to an activating group) is 1. The van der Waals surface area contributed by atoms with E-state index in [0.29, 0.717) is 19.4 Å². The summed E-state index contributed by atoms with van der Waals surface area (Å²) in [5.74, 6) is -0.990. The summed E-state index contributed by atoms with van der Waals surface area (Å²) in [6, 6.07) is 0.0295. The van der Waals surface area contributed by atoms with Gasteiger partial charge in [0.2, 0.25) is 0 Å². The Morgan fingerprint density at radius 3 is 2.52 bits per heavy atom. The van der Waals surface area contributed by atoms with Crippen molar-refractivity contribution >= 4 is 5.97 Å². The maximum absolute atomic E-state index is 12.6. The molecule has 2 fully saturated rings. The molecule has 2 rings (SSSR count). The van der Waals surface area contributed by atoms with Crippen LogP contribution >= 0.6 is 0 Å². The summed E-state index contributed by atoms with van der Waals surface area (Å²) in [4.78, 5) is 13.0. The second-order valence-corrected chi connectivity index (χ2v) is 6.22. The van der Waals surface area contributed by atoms with Gasteiger partial charge in [-0.3, -0.25) is 9.69 Å². The lowest BCUT2D eigenvalue weighted by atomic mass is 9.84. The van der Waals surface area contributed by atoms with Crippen LogP contribution < -0.4 is 5.32 Å². The number of hydrogen-bond acceptors (Lipinski definition) is 3. The molecule has 0 aromatic rings. The number of hydrogen-bond donors (Lipinski definition) is 2. The second kappa shape index (κ2) is 6.12. The highest BCUT2D eigenvalue weighted by Gasteiger charge is 2.48. The molecule has 0 spiro atoms. The summed E-state index contributed by atoms with van der Waals surface area (Å²) >= 11 is 0. The molecule has 0 saturated heterocycles. The lowest BCUT2D eigenvalue weighted by molar-refractivity contribution is -0.150. The third-order valence-electron chi connectivity index (χ3n) is 4.86. The van der Waals surface area contributed by atoms with Crippen LogP contribution in [0.1, 0.15) is 38.5 Å². The van der Waals surface area contributed by atoms with E-state index in [1.807, 2.05) is 0 Å². The topological polar surface area (TPSA) is 52.6 Å². The van der Waals surface area contributed by atoms with Crippen molar-refractivity contribution in [3.8, 4) is 0 Å². The van der Waals surface area contributed by atoms with Crippen molar-refractivity contribution in [1.82, 2.24) is 10.2 Å². The molecule has 0 bridgehead atoms. The molecular weight excluding hydrogens is 285 g/mol. The van der Waals surface area contributed by atoms with Crippen LogP contribution in [0.4, 0.5) is 13.2 Å². The molecule has 2 unspecified atom stereocenters. The molecular formula is C14H23F3N2O2. The molecule has 7 heteroatoms. The highest BCUT2D eigenvalue weighted by molar-refractivity contribution is 5.79. The minimum atomic E-state index is -4.19. The lowest BCUT2D eigenvalue weighted by Gasteiger charge is -2.33. The van der Waals surface area contributed by atoms with Gasteiger partial charge in [-0.15, -0.1) is 0 Å². The Bertz CT molecular complexity index is 385. The second-order valence-electron chi connectivity index (χ2n) is 6.22. The van der Waals surface area contributed by atoms with E-state index in [1.165, 1.54) is 4.90 Å². The van der Waals surface area contributed by atoms with Gasteiger partial charge in [-0.05, 0) is 51.6 Å². The van der Waals surface area contributed by atoms with E-state index in [4.69, 9.17) is 0 Å². The molecule has 122 valence electrons. The van der Waals surface area contributed by atoms with E-state index in [9.17, 15) is 23.1 Å². The number of rotatable bonds is 7. The van der Waals surface area contributed by atoms with E-state index in [2.05, 4.69) is 5.32 Å². The van der Waals surface area contributed by atoms with Gasteiger partial charge < -0.3 is 10.4 Å². The molecule has 0 amide bonds. The standard InChI is InChI=1S/C14H23F3N2O2/c1-18-13(12(20)21)7-2-3-10(13)6-8-19(11-4-5-11)9-14(15,16)17/h10-11,18H,2-9H2,1H3,(H,20,21). The number of carboxylic acid groups (broad SMARTS) is 1. The lowest BCUT2D eigenvalue weighted by Crippen LogP contribution is -2.53. The van der Waals surface area contributed by atoms with E-state index >= 15 is 0 Å².